The van der Waals surface area contributed by atoms with Gasteiger partial charge in [-0.15, -0.1) is 0 Å². The van der Waals surface area contributed by atoms with Crippen LogP contribution >= 0.6 is 0 Å². The highest BCUT2D eigenvalue weighted by Gasteiger charge is 2.01. The van der Waals surface area contributed by atoms with Crippen LogP contribution in [0, 0.1) is 0 Å². The molecule has 3 heteroatoms. The van der Waals surface area contributed by atoms with Crippen LogP contribution in [0.25, 0.3) is 0 Å². The Bertz CT molecular complexity index is 238. The lowest BCUT2D eigenvalue weighted by atomic mass is 10.2. The first kappa shape index (κ1) is 7.72. The fourth-order valence-electron chi connectivity index (χ4n) is 0.808. The van der Waals surface area contributed by atoms with Gasteiger partial charge >= 0.3 is 5.97 Å². The van der Waals surface area contributed by atoms with Crippen molar-refractivity contribution in [1.29, 1.82) is 0 Å². The zero-order valence-electron chi connectivity index (χ0n) is 6.03. The van der Waals surface area contributed by atoms with Gasteiger partial charge in [0.2, 0.25) is 0 Å². The summed E-state index contributed by atoms with van der Waals surface area (Å²) in [5, 5.41) is 8.42. The molecule has 0 saturated carbocycles. The molecule has 0 unspecified atom stereocenters. The van der Waals surface area contributed by atoms with Gasteiger partial charge < -0.3 is 5.11 Å². The van der Waals surface area contributed by atoms with Crippen LogP contribution in [0.2, 0.25) is 0 Å². The Morgan fingerprint density at radius 2 is 2.55 bits per heavy atom. The second kappa shape index (κ2) is 3.71. The molecule has 3 nitrogen and oxygen atoms in total. The second-order valence-corrected chi connectivity index (χ2v) is 2.21. The third-order valence-electron chi connectivity index (χ3n) is 1.28. The average molecular weight is 151 g/mol. The molecular weight excluding hydrogens is 142 g/mol. The van der Waals surface area contributed by atoms with E-state index in [9.17, 15) is 4.79 Å². The molecule has 0 spiro atoms. The molecule has 0 atom stereocenters. The number of carbonyl (C=O) groups is 1. The van der Waals surface area contributed by atoms with Gasteiger partial charge in [0.05, 0.1) is 6.42 Å². The molecule has 0 aromatic rings. The molecule has 0 saturated heterocycles. The van der Waals surface area contributed by atoms with Crippen molar-refractivity contribution in [2.75, 3.05) is 0 Å². The molecular formula is C8H9NO2. The fraction of sp³-hybridized carbons (Fsp3) is 0.250. The van der Waals surface area contributed by atoms with E-state index in [1.54, 1.807) is 6.21 Å². The van der Waals surface area contributed by atoms with Crippen LogP contribution in [-0.4, -0.2) is 17.3 Å². The highest BCUT2D eigenvalue weighted by Crippen LogP contribution is 2.06. The zero-order valence-corrected chi connectivity index (χ0v) is 6.03. The smallest absolute Gasteiger partial charge is 0.309 e. The van der Waals surface area contributed by atoms with Crippen molar-refractivity contribution >= 4 is 12.2 Å². The van der Waals surface area contributed by atoms with E-state index in [1.165, 1.54) is 0 Å². The summed E-state index contributed by atoms with van der Waals surface area (Å²) in [5.74, 6) is -0.838. The largest absolute Gasteiger partial charge is 0.481 e. The Kier molecular flexibility index (Phi) is 2.60. The van der Waals surface area contributed by atoms with Crippen molar-refractivity contribution in [1.82, 2.24) is 0 Å². The minimum absolute atomic E-state index is 0.0121. The molecule has 58 valence electrons. The summed E-state index contributed by atoms with van der Waals surface area (Å²) in [6.07, 6.45) is 7.94. The molecule has 1 aliphatic rings. The Morgan fingerprint density at radius 1 is 1.73 bits per heavy atom. The molecule has 0 aromatic carbocycles. The highest BCUT2D eigenvalue weighted by atomic mass is 16.4. The maximum absolute atomic E-state index is 10.2. The lowest BCUT2D eigenvalue weighted by Crippen LogP contribution is -1.95. The molecule has 0 bridgehead atoms. The lowest BCUT2D eigenvalue weighted by molar-refractivity contribution is -0.136. The van der Waals surface area contributed by atoms with Gasteiger partial charge in [-0.25, -0.2) is 0 Å². The minimum atomic E-state index is -0.838. The molecule has 1 heterocycles. The van der Waals surface area contributed by atoms with Gasteiger partial charge in [-0.1, -0.05) is 12.2 Å². The molecule has 0 radical (unpaired) electrons. The van der Waals surface area contributed by atoms with Crippen LogP contribution in [-0.2, 0) is 4.79 Å². The van der Waals surface area contributed by atoms with Crippen LogP contribution in [0.15, 0.2) is 28.9 Å². The maximum Gasteiger partial charge on any atom is 0.309 e. The first-order valence-electron chi connectivity index (χ1n) is 3.39. The quantitative estimate of drug-likeness (QED) is 0.648. The second-order valence-electron chi connectivity index (χ2n) is 2.21. The summed E-state index contributed by atoms with van der Waals surface area (Å²) in [7, 11) is 0. The molecule has 1 N–H and O–H groups in total. The average Bonchev–Trinajstić information content (AvgIpc) is 2.14. The van der Waals surface area contributed by atoms with Gasteiger partial charge in [-0.3, -0.25) is 9.79 Å². The fourth-order valence-corrected chi connectivity index (χ4v) is 0.808. The van der Waals surface area contributed by atoms with E-state index in [-0.39, 0.29) is 6.42 Å². The molecule has 0 fully saturated rings. The van der Waals surface area contributed by atoms with Crippen molar-refractivity contribution in [3.8, 4) is 0 Å². The SMILES string of the molecule is O=C(O)CC1=CCC=CC=N1. The summed E-state index contributed by atoms with van der Waals surface area (Å²) in [6.45, 7) is 0. The summed E-state index contributed by atoms with van der Waals surface area (Å²) < 4.78 is 0. The monoisotopic (exact) mass is 151 g/mol. The third-order valence-corrected chi connectivity index (χ3v) is 1.28. The van der Waals surface area contributed by atoms with Crippen molar-refractivity contribution in [2.45, 2.75) is 12.8 Å². The lowest BCUT2D eigenvalue weighted by Gasteiger charge is -1.93. The Morgan fingerprint density at radius 3 is 3.27 bits per heavy atom. The van der Waals surface area contributed by atoms with Crippen molar-refractivity contribution in [3.05, 3.63) is 23.9 Å². The van der Waals surface area contributed by atoms with Gasteiger partial charge in [0.15, 0.2) is 0 Å². The molecule has 1 rings (SSSR count). The number of hydrogen-bond donors (Lipinski definition) is 1. The standard InChI is InChI=1S/C8H9NO2/c10-8(11)6-7-4-2-1-3-5-9-7/h1,3-5H,2,6H2,(H,10,11). The first-order chi connectivity index (χ1) is 5.29. The number of hydrogen-bond acceptors (Lipinski definition) is 2. The van der Waals surface area contributed by atoms with Gasteiger partial charge in [0.25, 0.3) is 0 Å². The van der Waals surface area contributed by atoms with Gasteiger partial charge in [0, 0.05) is 11.9 Å². The van der Waals surface area contributed by atoms with Gasteiger partial charge in [0.1, 0.15) is 0 Å². The summed E-state index contributed by atoms with van der Waals surface area (Å²) in [5.41, 5.74) is 0.627. The number of carboxylic acid groups (broad SMARTS) is 1. The topological polar surface area (TPSA) is 49.7 Å². The predicted molar refractivity (Wildman–Crippen MR) is 42.6 cm³/mol. The number of allylic oxidation sites excluding steroid dienone is 3. The van der Waals surface area contributed by atoms with E-state index < -0.39 is 5.97 Å². The molecule has 11 heavy (non-hydrogen) atoms. The number of carboxylic acids is 1. The molecule has 1 aliphatic heterocycles. The van der Waals surface area contributed by atoms with Crippen LogP contribution in [0.4, 0.5) is 0 Å². The van der Waals surface area contributed by atoms with Crippen LogP contribution in [0.3, 0.4) is 0 Å². The third kappa shape index (κ3) is 2.80. The van der Waals surface area contributed by atoms with Crippen molar-refractivity contribution in [2.24, 2.45) is 4.99 Å². The number of rotatable bonds is 2. The Labute approximate surface area is 64.8 Å². The number of nitrogens with zero attached hydrogens (tertiary/aromatic N) is 1. The van der Waals surface area contributed by atoms with E-state index in [4.69, 9.17) is 5.11 Å². The maximum atomic E-state index is 10.2. The van der Waals surface area contributed by atoms with Gasteiger partial charge in [-0.05, 0) is 12.5 Å². The summed E-state index contributed by atoms with van der Waals surface area (Å²) in [4.78, 5) is 14.2. The van der Waals surface area contributed by atoms with E-state index in [2.05, 4.69) is 4.99 Å². The van der Waals surface area contributed by atoms with Crippen LogP contribution in [0.5, 0.6) is 0 Å². The molecule has 0 amide bonds. The van der Waals surface area contributed by atoms with Crippen molar-refractivity contribution in [3.63, 3.8) is 0 Å². The van der Waals surface area contributed by atoms with Crippen molar-refractivity contribution < 1.29 is 9.90 Å². The minimum Gasteiger partial charge on any atom is -0.481 e. The Balaban J connectivity index is 2.58. The Hall–Kier alpha value is -1.38. The predicted octanol–water partition coefficient (Wildman–Crippen LogP) is 1.38. The summed E-state index contributed by atoms with van der Waals surface area (Å²) in [6, 6.07) is 0. The van der Waals surface area contributed by atoms with Gasteiger partial charge in [-0.2, -0.15) is 0 Å². The number of aliphatic carboxylic acids is 1. The molecule has 0 aliphatic carbocycles. The highest BCUT2D eigenvalue weighted by molar-refractivity contribution is 5.75. The zero-order chi connectivity index (χ0) is 8.10. The van der Waals surface area contributed by atoms with Crippen LogP contribution < -0.4 is 0 Å². The number of aliphatic imine (C=N–C) groups is 1. The molecule has 0 aromatic heterocycles. The van der Waals surface area contributed by atoms with E-state index in [0.717, 1.165) is 6.42 Å². The van der Waals surface area contributed by atoms with E-state index in [1.807, 2.05) is 18.2 Å². The van der Waals surface area contributed by atoms with Crippen LogP contribution in [0.1, 0.15) is 12.8 Å². The van der Waals surface area contributed by atoms with E-state index >= 15 is 0 Å². The first-order valence-corrected chi connectivity index (χ1v) is 3.39. The summed E-state index contributed by atoms with van der Waals surface area (Å²) >= 11 is 0. The van der Waals surface area contributed by atoms with E-state index in [0.29, 0.717) is 5.70 Å². The normalized spacial score (nSPS) is 15.8.